The van der Waals surface area contributed by atoms with Crippen molar-refractivity contribution in [1.82, 2.24) is 24.3 Å². The number of fused-ring (bicyclic) bond motifs is 1. The maximum Gasteiger partial charge on any atom is 0.389 e. The van der Waals surface area contributed by atoms with Gasteiger partial charge in [-0.25, -0.2) is 15.0 Å². The van der Waals surface area contributed by atoms with Crippen molar-refractivity contribution in [3.63, 3.8) is 0 Å². The van der Waals surface area contributed by atoms with E-state index in [0.29, 0.717) is 23.1 Å². The predicted molar refractivity (Wildman–Crippen MR) is 126 cm³/mol. The van der Waals surface area contributed by atoms with Crippen LogP contribution >= 0.6 is 0 Å². The van der Waals surface area contributed by atoms with Crippen molar-refractivity contribution in [3.05, 3.63) is 54.4 Å². The molecule has 1 aliphatic rings. The largest absolute Gasteiger partial charge is 0.389 e. The molecule has 10 heteroatoms. The second-order valence-electron chi connectivity index (χ2n) is 8.45. The summed E-state index contributed by atoms with van der Waals surface area (Å²) in [5.41, 5.74) is 4.51. The molecule has 35 heavy (non-hydrogen) atoms. The van der Waals surface area contributed by atoms with Gasteiger partial charge in [0, 0.05) is 30.6 Å². The molecular weight excluding hydrogens is 457 g/mol. The summed E-state index contributed by atoms with van der Waals surface area (Å²) in [4.78, 5) is 16.7. The average Bonchev–Trinajstić information content (AvgIpc) is 3.41. The number of H-pyrrole nitrogens is 1. The van der Waals surface area contributed by atoms with Crippen molar-refractivity contribution >= 4 is 11.5 Å². The van der Waals surface area contributed by atoms with E-state index in [4.69, 9.17) is 5.11 Å². The minimum absolute atomic E-state index is 0.0863. The van der Waals surface area contributed by atoms with Crippen LogP contribution in [0.5, 0.6) is 0 Å². The SMILES string of the molecule is OCC#Cc1cn2c(-c3ccc(-c4cnc(C5CC5)[nH]4)cc3)cnc2c(NCCCC(F)(F)F)n1. The molecule has 3 heterocycles. The maximum atomic E-state index is 12.5. The Morgan fingerprint density at radius 1 is 1.11 bits per heavy atom. The lowest BCUT2D eigenvalue weighted by Gasteiger charge is -2.10. The number of aromatic amines is 1. The molecule has 0 bridgehead atoms. The molecule has 1 fully saturated rings. The van der Waals surface area contributed by atoms with Gasteiger partial charge in [0.15, 0.2) is 11.5 Å². The molecule has 4 aromatic rings. The van der Waals surface area contributed by atoms with E-state index in [2.05, 4.69) is 37.1 Å². The van der Waals surface area contributed by atoms with Crippen LogP contribution in [0.4, 0.5) is 19.0 Å². The summed E-state index contributed by atoms with van der Waals surface area (Å²) in [5, 5.41) is 12.0. The first-order valence-corrected chi connectivity index (χ1v) is 11.4. The summed E-state index contributed by atoms with van der Waals surface area (Å²) >= 11 is 0. The van der Waals surface area contributed by atoms with E-state index in [1.54, 1.807) is 16.8 Å². The molecule has 0 atom stereocenters. The molecule has 1 aliphatic carbocycles. The third-order valence-corrected chi connectivity index (χ3v) is 5.77. The molecule has 1 aromatic carbocycles. The van der Waals surface area contributed by atoms with Gasteiger partial charge in [0.1, 0.15) is 18.1 Å². The van der Waals surface area contributed by atoms with Crippen LogP contribution in [0.3, 0.4) is 0 Å². The molecule has 180 valence electrons. The molecule has 0 unspecified atom stereocenters. The van der Waals surface area contributed by atoms with Gasteiger partial charge in [-0.2, -0.15) is 13.2 Å². The summed E-state index contributed by atoms with van der Waals surface area (Å²) in [5.74, 6) is 7.25. The highest BCUT2D eigenvalue weighted by atomic mass is 19.4. The number of anilines is 1. The van der Waals surface area contributed by atoms with Crippen LogP contribution in [0.25, 0.3) is 28.2 Å². The third kappa shape index (κ3) is 5.30. The Hall–Kier alpha value is -3.84. The van der Waals surface area contributed by atoms with Gasteiger partial charge in [-0.15, -0.1) is 0 Å². The zero-order valence-corrected chi connectivity index (χ0v) is 18.7. The maximum absolute atomic E-state index is 12.5. The molecule has 0 saturated heterocycles. The molecule has 0 radical (unpaired) electrons. The Balaban J connectivity index is 1.43. The number of hydrogen-bond acceptors (Lipinski definition) is 5. The van der Waals surface area contributed by atoms with E-state index < -0.39 is 12.6 Å². The van der Waals surface area contributed by atoms with Gasteiger partial charge >= 0.3 is 6.18 Å². The number of imidazole rings is 2. The molecular formula is C25H23F3N6O. The first kappa shape index (κ1) is 22.9. The van der Waals surface area contributed by atoms with Gasteiger partial charge in [0.2, 0.25) is 0 Å². The Kier molecular flexibility index (Phi) is 6.17. The number of rotatable bonds is 7. The van der Waals surface area contributed by atoms with Crippen molar-refractivity contribution in [2.45, 2.75) is 37.8 Å². The number of aliphatic hydroxyl groups is 1. The monoisotopic (exact) mass is 480 g/mol. The first-order valence-electron chi connectivity index (χ1n) is 11.4. The highest BCUT2D eigenvalue weighted by Crippen LogP contribution is 2.39. The van der Waals surface area contributed by atoms with Gasteiger partial charge in [0.25, 0.3) is 0 Å². The van der Waals surface area contributed by atoms with Gasteiger partial charge in [-0.1, -0.05) is 30.2 Å². The second kappa shape index (κ2) is 9.43. The number of alkyl halides is 3. The van der Waals surface area contributed by atoms with Crippen LogP contribution in [0, 0.1) is 11.8 Å². The Labute approximate surface area is 199 Å². The van der Waals surface area contributed by atoms with Gasteiger partial charge in [-0.05, 0) is 30.7 Å². The fraction of sp³-hybridized carbons (Fsp3) is 0.320. The highest BCUT2D eigenvalue weighted by molar-refractivity contribution is 5.73. The van der Waals surface area contributed by atoms with E-state index in [1.807, 2.05) is 30.5 Å². The van der Waals surface area contributed by atoms with Crippen molar-refractivity contribution < 1.29 is 18.3 Å². The quantitative estimate of drug-likeness (QED) is 0.262. The molecule has 0 aliphatic heterocycles. The number of benzene rings is 1. The molecule has 3 aromatic heterocycles. The summed E-state index contributed by atoms with van der Waals surface area (Å²) in [6.07, 6.45) is 2.42. The van der Waals surface area contributed by atoms with E-state index in [-0.39, 0.29) is 19.6 Å². The minimum Gasteiger partial charge on any atom is -0.384 e. The molecule has 3 N–H and O–H groups in total. The zero-order chi connectivity index (χ0) is 24.4. The van der Waals surface area contributed by atoms with Gasteiger partial charge < -0.3 is 15.4 Å². The van der Waals surface area contributed by atoms with Crippen molar-refractivity contribution in [1.29, 1.82) is 0 Å². The first-order chi connectivity index (χ1) is 16.9. The van der Waals surface area contributed by atoms with Crippen molar-refractivity contribution in [2.75, 3.05) is 18.5 Å². The lowest BCUT2D eigenvalue weighted by atomic mass is 10.1. The summed E-state index contributed by atoms with van der Waals surface area (Å²) in [7, 11) is 0. The molecule has 5 rings (SSSR count). The van der Waals surface area contributed by atoms with Crippen molar-refractivity contribution in [2.24, 2.45) is 0 Å². The fourth-order valence-corrected chi connectivity index (χ4v) is 3.87. The second-order valence-corrected chi connectivity index (χ2v) is 8.45. The lowest BCUT2D eigenvalue weighted by molar-refractivity contribution is -0.134. The lowest BCUT2D eigenvalue weighted by Crippen LogP contribution is -2.12. The number of aromatic nitrogens is 5. The summed E-state index contributed by atoms with van der Waals surface area (Å²) < 4.78 is 39.3. The summed E-state index contributed by atoms with van der Waals surface area (Å²) in [6, 6.07) is 7.96. The number of halogens is 3. The highest BCUT2D eigenvalue weighted by Gasteiger charge is 2.27. The standard InChI is InChI=1S/C25H23F3N6O/c26-25(27,28)10-2-11-29-23-24-31-14-21(34(24)15-19(32-23)3-1-12-35)17-6-4-16(5-7-17)20-13-30-22(33-20)18-8-9-18/h4-7,13-15,18,35H,2,8-12H2,(H,29,32)(H,30,33). The number of nitrogens with zero attached hydrogens (tertiary/aromatic N) is 4. The van der Waals surface area contributed by atoms with E-state index in [9.17, 15) is 13.2 Å². The Bertz CT molecular complexity index is 1390. The van der Waals surface area contributed by atoms with Crippen LogP contribution < -0.4 is 5.32 Å². The zero-order valence-electron chi connectivity index (χ0n) is 18.7. The number of hydrogen-bond donors (Lipinski definition) is 3. The van der Waals surface area contributed by atoms with E-state index in [0.717, 1.165) is 28.3 Å². The fourth-order valence-electron chi connectivity index (χ4n) is 3.87. The molecule has 7 nitrogen and oxygen atoms in total. The van der Waals surface area contributed by atoms with Crippen LogP contribution in [-0.4, -0.2) is 48.8 Å². The molecule has 0 amide bonds. The minimum atomic E-state index is -4.21. The topological polar surface area (TPSA) is 91.1 Å². The van der Waals surface area contributed by atoms with Crippen LogP contribution in [-0.2, 0) is 0 Å². The van der Waals surface area contributed by atoms with Gasteiger partial charge in [-0.3, -0.25) is 4.40 Å². The average molecular weight is 480 g/mol. The molecule has 1 saturated carbocycles. The molecule has 0 spiro atoms. The number of nitrogens with one attached hydrogen (secondary N) is 2. The Morgan fingerprint density at radius 3 is 2.60 bits per heavy atom. The Morgan fingerprint density at radius 2 is 1.89 bits per heavy atom. The van der Waals surface area contributed by atoms with Gasteiger partial charge in [0.05, 0.1) is 23.8 Å². The normalized spacial score (nSPS) is 13.6. The van der Waals surface area contributed by atoms with Crippen LogP contribution in [0.15, 0.2) is 42.9 Å². The summed E-state index contributed by atoms with van der Waals surface area (Å²) in [6.45, 7) is -0.245. The van der Waals surface area contributed by atoms with E-state index >= 15 is 0 Å². The number of aliphatic hydroxyl groups excluding tert-OH is 1. The predicted octanol–water partition coefficient (Wildman–Crippen LogP) is 4.76. The smallest absolute Gasteiger partial charge is 0.384 e. The van der Waals surface area contributed by atoms with Crippen LogP contribution in [0.2, 0.25) is 0 Å². The third-order valence-electron chi connectivity index (χ3n) is 5.77. The van der Waals surface area contributed by atoms with Crippen molar-refractivity contribution in [3.8, 4) is 34.4 Å². The van der Waals surface area contributed by atoms with E-state index in [1.165, 1.54) is 12.8 Å². The van der Waals surface area contributed by atoms with Crippen LogP contribution in [0.1, 0.15) is 43.1 Å².